The van der Waals surface area contributed by atoms with E-state index in [4.69, 9.17) is 4.74 Å². The highest BCUT2D eigenvalue weighted by molar-refractivity contribution is 7.03. The first-order valence-electron chi connectivity index (χ1n) is 9.41. The Kier molecular flexibility index (Phi) is 4.73. The van der Waals surface area contributed by atoms with E-state index in [1.54, 1.807) is 7.11 Å². The lowest BCUT2D eigenvalue weighted by Crippen LogP contribution is -2.67. The van der Waals surface area contributed by atoms with E-state index in [0.29, 0.717) is 5.56 Å². The predicted molar refractivity (Wildman–Crippen MR) is 119 cm³/mol. The van der Waals surface area contributed by atoms with Gasteiger partial charge in [0, 0.05) is 5.69 Å². The molecule has 4 rings (SSSR count). The molecule has 140 valence electrons. The predicted octanol–water partition coefficient (Wildman–Crippen LogP) is 2.07. The van der Waals surface area contributed by atoms with Crippen LogP contribution in [0.5, 0.6) is 5.75 Å². The minimum atomic E-state index is -2.02. The molecule has 0 saturated carbocycles. The number of amides is 1. The fraction of sp³-hybridized carbons (Fsp3) is 0.136. The van der Waals surface area contributed by atoms with Crippen LogP contribution in [0.25, 0.3) is 0 Å². The van der Waals surface area contributed by atoms with Crippen LogP contribution in [0, 0.1) is 0 Å². The molecule has 6 heteroatoms. The molecular weight excluding hydrogens is 363 g/mol. The van der Waals surface area contributed by atoms with Crippen molar-refractivity contribution in [3.8, 4) is 5.75 Å². The maximum absolute atomic E-state index is 12.7. The van der Waals surface area contributed by atoms with Gasteiger partial charge in [0.15, 0.2) is 0 Å². The first-order chi connectivity index (χ1) is 13.5. The molecule has 2 N–H and O–H groups in total. The van der Waals surface area contributed by atoms with E-state index in [-0.39, 0.29) is 12.9 Å². The monoisotopic (exact) mass is 386 g/mol. The van der Waals surface area contributed by atoms with Gasteiger partial charge in [-0.05, 0) is 29.7 Å². The van der Waals surface area contributed by atoms with E-state index in [2.05, 4.69) is 59.9 Å². The zero-order chi connectivity index (χ0) is 19.7. The van der Waals surface area contributed by atoms with Gasteiger partial charge in [0.05, 0.1) is 12.7 Å². The summed E-state index contributed by atoms with van der Waals surface area (Å²) in [5.74, 6) is 0.776. The van der Waals surface area contributed by atoms with Crippen LogP contribution < -0.4 is 31.0 Å². The molecule has 1 aliphatic heterocycles. The highest BCUT2D eigenvalue weighted by Gasteiger charge is 2.36. The lowest BCUT2D eigenvalue weighted by Gasteiger charge is -2.31. The number of methoxy groups -OCH3 is 1. The Labute approximate surface area is 167 Å². The average Bonchev–Trinajstić information content (AvgIpc) is 2.74. The molecule has 0 aliphatic carbocycles. The van der Waals surface area contributed by atoms with Gasteiger partial charge in [0.1, 0.15) is 13.8 Å². The SMILES string of the molecule is COc1ccc(B2NC(=O)c3ccccc3N2)c([Si](C)(C)c2ccccc2)c1. The topological polar surface area (TPSA) is 50.4 Å². The van der Waals surface area contributed by atoms with Crippen molar-refractivity contribution >= 4 is 42.5 Å². The Morgan fingerprint density at radius 3 is 2.36 bits per heavy atom. The molecule has 0 saturated heterocycles. The van der Waals surface area contributed by atoms with Gasteiger partial charge in [-0.15, -0.1) is 0 Å². The van der Waals surface area contributed by atoms with Crippen molar-refractivity contribution in [2.45, 2.75) is 13.1 Å². The highest BCUT2D eigenvalue weighted by atomic mass is 28.3. The number of carbonyl (C=O) groups is 1. The minimum absolute atomic E-state index is 0.0553. The van der Waals surface area contributed by atoms with Crippen LogP contribution >= 0.6 is 0 Å². The number of hydrogen-bond acceptors (Lipinski definition) is 3. The Morgan fingerprint density at radius 1 is 0.893 bits per heavy atom. The summed E-state index contributed by atoms with van der Waals surface area (Å²) in [6, 6.07) is 24.4. The number of fused-ring (bicyclic) bond motifs is 1. The van der Waals surface area contributed by atoms with Crippen LogP contribution in [0.15, 0.2) is 72.8 Å². The molecular formula is C22H23BN2O2Si. The fourth-order valence-corrected chi connectivity index (χ4v) is 6.62. The van der Waals surface area contributed by atoms with Gasteiger partial charge in [-0.2, -0.15) is 0 Å². The van der Waals surface area contributed by atoms with E-state index in [1.807, 2.05) is 36.4 Å². The smallest absolute Gasteiger partial charge is 0.408 e. The van der Waals surface area contributed by atoms with Crippen molar-refractivity contribution in [3.63, 3.8) is 0 Å². The van der Waals surface area contributed by atoms with E-state index >= 15 is 0 Å². The molecule has 3 aromatic rings. The molecule has 1 heterocycles. The van der Waals surface area contributed by atoms with E-state index in [1.165, 1.54) is 10.4 Å². The lowest BCUT2D eigenvalue weighted by atomic mass is 9.66. The molecule has 4 nitrogen and oxygen atoms in total. The Morgan fingerprint density at radius 2 is 1.61 bits per heavy atom. The summed E-state index contributed by atoms with van der Waals surface area (Å²) in [6.45, 7) is 4.39. The first kappa shape index (κ1) is 18.4. The highest BCUT2D eigenvalue weighted by Crippen LogP contribution is 2.19. The Balaban J connectivity index is 1.82. The standard InChI is InChI=1S/C22H23BN2O2Si/c1-27-16-13-14-19(21(15-16)28(2,3)17-9-5-4-6-10-17)23-24-20-12-8-7-11-18(20)22(26)25-23/h4-15,24H,1-3H3,(H,25,26). The maximum Gasteiger partial charge on any atom is 0.408 e. The van der Waals surface area contributed by atoms with Crippen molar-refractivity contribution in [2.24, 2.45) is 0 Å². The first-order valence-corrected chi connectivity index (χ1v) is 12.4. The van der Waals surface area contributed by atoms with Crippen molar-refractivity contribution in [3.05, 3.63) is 78.4 Å². The molecule has 0 bridgehead atoms. The summed E-state index contributed by atoms with van der Waals surface area (Å²) in [7, 11) is -0.329. The lowest BCUT2D eigenvalue weighted by molar-refractivity contribution is 0.0979. The zero-order valence-corrected chi connectivity index (χ0v) is 17.3. The Hall–Kier alpha value is -2.99. The van der Waals surface area contributed by atoms with Crippen LogP contribution in [0.4, 0.5) is 5.69 Å². The normalized spacial score (nSPS) is 13.4. The molecule has 0 fully saturated rings. The van der Waals surface area contributed by atoms with Crippen LogP contribution in [-0.4, -0.2) is 28.1 Å². The van der Waals surface area contributed by atoms with Crippen molar-refractivity contribution < 1.29 is 9.53 Å². The van der Waals surface area contributed by atoms with Gasteiger partial charge in [-0.25, -0.2) is 0 Å². The zero-order valence-electron chi connectivity index (χ0n) is 16.3. The second-order valence-electron chi connectivity index (χ2n) is 7.54. The maximum atomic E-state index is 12.7. The number of rotatable bonds is 4. The summed E-state index contributed by atoms with van der Waals surface area (Å²) in [5, 5.41) is 9.20. The third kappa shape index (κ3) is 3.20. The molecule has 1 amide bonds. The van der Waals surface area contributed by atoms with E-state index < -0.39 is 8.07 Å². The number of para-hydroxylation sites is 1. The van der Waals surface area contributed by atoms with Crippen LogP contribution in [0.2, 0.25) is 13.1 Å². The van der Waals surface area contributed by atoms with Gasteiger partial charge in [0.2, 0.25) is 5.91 Å². The van der Waals surface area contributed by atoms with Crippen molar-refractivity contribution in [2.75, 3.05) is 12.3 Å². The molecule has 0 spiro atoms. The second kappa shape index (κ2) is 7.20. The number of hydrogen-bond donors (Lipinski definition) is 2. The van der Waals surface area contributed by atoms with Gasteiger partial charge in [-0.1, -0.05) is 72.0 Å². The molecule has 28 heavy (non-hydrogen) atoms. The summed E-state index contributed by atoms with van der Waals surface area (Å²) >= 11 is 0. The molecule has 0 radical (unpaired) electrons. The summed E-state index contributed by atoms with van der Waals surface area (Å²) in [5.41, 5.74) is 2.62. The number of carbonyl (C=O) groups excluding carboxylic acids is 1. The molecule has 0 unspecified atom stereocenters. The summed E-state index contributed by atoms with van der Waals surface area (Å²) < 4.78 is 5.52. The Bertz CT molecular complexity index is 1020. The number of benzene rings is 3. The van der Waals surface area contributed by atoms with Gasteiger partial charge >= 0.3 is 6.98 Å². The van der Waals surface area contributed by atoms with Crippen LogP contribution in [0.3, 0.4) is 0 Å². The van der Waals surface area contributed by atoms with Gasteiger partial charge < -0.3 is 15.2 Å². The summed E-state index contributed by atoms with van der Waals surface area (Å²) in [6.07, 6.45) is 0. The van der Waals surface area contributed by atoms with Crippen LogP contribution in [-0.2, 0) is 0 Å². The molecule has 3 aromatic carbocycles. The van der Waals surface area contributed by atoms with Gasteiger partial charge in [0.25, 0.3) is 0 Å². The van der Waals surface area contributed by atoms with E-state index in [0.717, 1.165) is 16.9 Å². The quantitative estimate of drug-likeness (QED) is 0.675. The average molecular weight is 386 g/mol. The van der Waals surface area contributed by atoms with Crippen molar-refractivity contribution in [1.82, 2.24) is 5.23 Å². The third-order valence-electron chi connectivity index (χ3n) is 5.49. The largest absolute Gasteiger partial charge is 0.497 e. The van der Waals surface area contributed by atoms with E-state index in [9.17, 15) is 4.79 Å². The second-order valence-corrected chi connectivity index (χ2v) is 11.9. The number of ether oxygens (including phenoxy) is 1. The van der Waals surface area contributed by atoms with Crippen LogP contribution in [0.1, 0.15) is 10.4 Å². The van der Waals surface area contributed by atoms with Gasteiger partial charge in [-0.3, -0.25) is 4.79 Å². The third-order valence-corrected chi connectivity index (χ3v) is 9.04. The summed E-state index contributed by atoms with van der Waals surface area (Å²) in [4.78, 5) is 12.7. The molecule has 1 aliphatic rings. The fourth-order valence-electron chi connectivity index (χ4n) is 3.83. The molecule has 0 aromatic heterocycles. The molecule has 0 atom stereocenters. The minimum Gasteiger partial charge on any atom is -0.497 e. The van der Waals surface area contributed by atoms with Crippen molar-refractivity contribution in [1.29, 1.82) is 0 Å². The number of anilines is 1. The number of nitrogens with one attached hydrogen (secondary N) is 2.